The van der Waals surface area contributed by atoms with Gasteiger partial charge in [0.15, 0.2) is 5.96 Å². The number of hydrogen-bond donors (Lipinski definition) is 2. The fourth-order valence-corrected chi connectivity index (χ4v) is 4.36. The molecule has 2 aliphatic rings. The standard InChI is InChI=1S/C24H40N4O/c1-4-25-23(26-19-24(2,3)16-20-8-6-5-7-9-20)27-22-10-13-28(14-11-22)17-21-12-15-29-18-21/h5-9,21-22H,4,10-19H2,1-3H3,(H2,25,26,27). The van der Waals surface area contributed by atoms with E-state index in [-0.39, 0.29) is 5.41 Å². The monoisotopic (exact) mass is 400 g/mol. The predicted octanol–water partition coefficient (Wildman–Crippen LogP) is 3.31. The van der Waals surface area contributed by atoms with E-state index in [0.717, 1.165) is 44.6 Å². The summed E-state index contributed by atoms with van der Waals surface area (Å²) in [4.78, 5) is 7.56. The predicted molar refractivity (Wildman–Crippen MR) is 121 cm³/mol. The molecular weight excluding hydrogens is 360 g/mol. The smallest absolute Gasteiger partial charge is 0.191 e. The first-order chi connectivity index (χ1) is 14.0. The summed E-state index contributed by atoms with van der Waals surface area (Å²) in [7, 11) is 0. The van der Waals surface area contributed by atoms with E-state index >= 15 is 0 Å². The fourth-order valence-electron chi connectivity index (χ4n) is 4.36. The molecule has 1 aromatic rings. The molecule has 5 heteroatoms. The number of piperidine rings is 1. The molecule has 0 spiro atoms. The van der Waals surface area contributed by atoms with Crippen molar-refractivity contribution in [1.29, 1.82) is 0 Å². The zero-order chi connectivity index (χ0) is 20.5. The van der Waals surface area contributed by atoms with Gasteiger partial charge in [0, 0.05) is 45.4 Å². The van der Waals surface area contributed by atoms with Crippen LogP contribution >= 0.6 is 0 Å². The molecule has 1 aromatic carbocycles. The Balaban J connectivity index is 1.46. The Morgan fingerprint density at radius 3 is 2.59 bits per heavy atom. The summed E-state index contributed by atoms with van der Waals surface area (Å²) in [5, 5.41) is 7.14. The van der Waals surface area contributed by atoms with Crippen LogP contribution in [0.2, 0.25) is 0 Å². The molecule has 0 saturated carbocycles. The van der Waals surface area contributed by atoms with Crippen LogP contribution in [0.15, 0.2) is 35.3 Å². The number of nitrogens with zero attached hydrogens (tertiary/aromatic N) is 2. The molecule has 0 aromatic heterocycles. The summed E-state index contributed by atoms with van der Waals surface area (Å²) in [5.41, 5.74) is 1.52. The van der Waals surface area contributed by atoms with E-state index < -0.39 is 0 Å². The number of likely N-dealkylation sites (tertiary alicyclic amines) is 1. The van der Waals surface area contributed by atoms with Gasteiger partial charge in [-0.3, -0.25) is 4.99 Å². The van der Waals surface area contributed by atoms with Crippen molar-refractivity contribution in [2.75, 3.05) is 45.9 Å². The molecule has 2 N–H and O–H groups in total. The zero-order valence-electron chi connectivity index (χ0n) is 18.6. The van der Waals surface area contributed by atoms with Crippen molar-refractivity contribution in [3.8, 4) is 0 Å². The maximum Gasteiger partial charge on any atom is 0.191 e. The van der Waals surface area contributed by atoms with Crippen LogP contribution in [0, 0.1) is 11.3 Å². The number of nitrogens with one attached hydrogen (secondary N) is 2. The number of ether oxygens (including phenoxy) is 1. The van der Waals surface area contributed by atoms with Crippen molar-refractivity contribution in [2.24, 2.45) is 16.3 Å². The molecule has 0 amide bonds. The summed E-state index contributed by atoms with van der Waals surface area (Å²) in [6, 6.07) is 11.2. The van der Waals surface area contributed by atoms with E-state index in [1.165, 1.54) is 44.5 Å². The van der Waals surface area contributed by atoms with Gasteiger partial charge in [-0.05, 0) is 49.5 Å². The van der Waals surface area contributed by atoms with Crippen molar-refractivity contribution in [3.63, 3.8) is 0 Å². The number of benzene rings is 1. The van der Waals surface area contributed by atoms with Gasteiger partial charge in [0.05, 0.1) is 6.61 Å². The topological polar surface area (TPSA) is 48.9 Å². The second-order valence-corrected chi connectivity index (χ2v) is 9.47. The Morgan fingerprint density at radius 2 is 1.93 bits per heavy atom. The minimum absolute atomic E-state index is 0.135. The first kappa shape index (κ1) is 22.1. The third-order valence-electron chi connectivity index (χ3n) is 6.00. The highest BCUT2D eigenvalue weighted by Crippen LogP contribution is 2.22. The highest BCUT2D eigenvalue weighted by atomic mass is 16.5. The molecule has 0 aliphatic carbocycles. The molecule has 3 rings (SSSR count). The maximum atomic E-state index is 5.53. The molecule has 5 nitrogen and oxygen atoms in total. The summed E-state index contributed by atoms with van der Waals surface area (Å²) < 4.78 is 5.53. The lowest BCUT2D eigenvalue weighted by atomic mass is 9.86. The summed E-state index contributed by atoms with van der Waals surface area (Å²) in [6.07, 6.45) is 4.64. The minimum atomic E-state index is 0.135. The van der Waals surface area contributed by atoms with Crippen molar-refractivity contribution in [1.82, 2.24) is 15.5 Å². The first-order valence-corrected chi connectivity index (χ1v) is 11.4. The average Bonchev–Trinajstić information content (AvgIpc) is 3.21. The van der Waals surface area contributed by atoms with Crippen LogP contribution in [0.25, 0.3) is 0 Å². The SMILES string of the molecule is CCNC(=NCC(C)(C)Cc1ccccc1)NC1CCN(CC2CCOC2)CC1. The Kier molecular flexibility index (Phi) is 8.37. The second kappa shape index (κ2) is 11.0. The third-order valence-corrected chi connectivity index (χ3v) is 6.00. The lowest BCUT2D eigenvalue weighted by Gasteiger charge is -2.34. The zero-order valence-corrected chi connectivity index (χ0v) is 18.6. The van der Waals surface area contributed by atoms with E-state index in [2.05, 4.69) is 66.6 Å². The van der Waals surface area contributed by atoms with E-state index in [9.17, 15) is 0 Å². The van der Waals surface area contributed by atoms with E-state index in [4.69, 9.17) is 9.73 Å². The van der Waals surface area contributed by atoms with Crippen LogP contribution in [0.3, 0.4) is 0 Å². The van der Waals surface area contributed by atoms with Gasteiger partial charge in [-0.2, -0.15) is 0 Å². The molecule has 2 aliphatic heterocycles. The number of rotatable bonds is 8. The Hall–Kier alpha value is -1.59. The molecule has 162 valence electrons. The van der Waals surface area contributed by atoms with Crippen LogP contribution < -0.4 is 10.6 Å². The highest BCUT2D eigenvalue weighted by molar-refractivity contribution is 5.80. The van der Waals surface area contributed by atoms with Gasteiger partial charge in [0.25, 0.3) is 0 Å². The van der Waals surface area contributed by atoms with Crippen molar-refractivity contribution in [2.45, 2.75) is 52.5 Å². The quantitative estimate of drug-likeness (QED) is 0.519. The van der Waals surface area contributed by atoms with Crippen LogP contribution in [-0.2, 0) is 11.2 Å². The molecule has 2 fully saturated rings. The minimum Gasteiger partial charge on any atom is -0.381 e. The molecule has 0 bridgehead atoms. The van der Waals surface area contributed by atoms with Crippen LogP contribution in [0.5, 0.6) is 0 Å². The Labute approximate surface area is 177 Å². The fraction of sp³-hybridized carbons (Fsp3) is 0.708. The third kappa shape index (κ3) is 7.63. The summed E-state index contributed by atoms with van der Waals surface area (Å²) >= 11 is 0. The molecule has 0 radical (unpaired) electrons. The van der Waals surface area contributed by atoms with Crippen LogP contribution in [0.1, 0.15) is 45.6 Å². The molecule has 2 saturated heterocycles. The molecule has 2 heterocycles. The van der Waals surface area contributed by atoms with Gasteiger partial charge in [-0.1, -0.05) is 44.2 Å². The van der Waals surface area contributed by atoms with Gasteiger partial charge in [0.2, 0.25) is 0 Å². The van der Waals surface area contributed by atoms with Crippen molar-refractivity contribution < 1.29 is 4.74 Å². The summed E-state index contributed by atoms with van der Waals surface area (Å²) in [5.74, 6) is 1.71. The Morgan fingerprint density at radius 1 is 1.17 bits per heavy atom. The van der Waals surface area contributed by atoms with Gasteiger partial charge in [-0.15, -0.1) is 0 Å². The number of guanidine groups is 1. The lowest BCUT2D eigenvalue weighted by Crippen LogP contribution is -2.49. The van der Waals surface area contributed by atoms with E-state index in [0.29, 0.717) is 6.04 Å². The van der Waals surface area contributed by atoms with E-state index in [1.54, 1.807) is 0 Å². The highest BCUT2D eigenvalue weighted by Gasteiger charge is 2.24. The average molecular weight is 401 g/mol. The van der Waals surface area contributed by atoms with Gasteiger partial charge in [0.1, 0.15) is 0 Å². The normalized spacial score (nSPS) is 22.0. The van der Waals surface area contributed by atoms with Crippen molar-refractivity contribution >= 4 is 5.96 Å². The van der Waals surface area contributed by atoms with Gasteiger partial charge < -0.3 is 20.3 Å². The first-order valence-electron chi connectivity index (χ1n) is 11.4. The molecule has 29 heavy (non-hydrogen) atoms. The largest absolute Gasteiger partial charge is 0.381 e. The molecule has 1 atom stereocenters. The Bertz CT molecular complexity index is 617. The van der Waals surface area contributed by atoms with Crippen LogP contribution in [0.4, 0.5) is 0 Å². The lowest BCUT2D eigenvalue weighted by molar-refractivity contribution is 0.150. The number of aliphatic imine (C=N–C) groups is 1. The van der Waals surface area contributed by atoms with Crippen molar-refractivity contribution in [3.05, 3.63) is 35.9 Å². The molecular formula is C24H40N4O. The van der Waals surface area contributed by atoms with Crippen LogP contribution in [-0.4, -0.2) is 62.8 Å². The van der Waals surface area contributed by atoms with Gasteiger partial charge >= 0.3 is 0 Å². The number of hydrogen-bond acceptors (Lipinski definition) is 3. The second-order valence-electron chi connectivity index (χ2n) is 9.47. The van der Waals surface area contributed by atoms with E-state index in [1.807, 2.05) is 0 Å². The van der Waals surface area contributed by atoms with Gasteiger partial charge in [-0.25, -0.2) is 0 Å². The molecule has 1 unspecified atom stereocenters. The summed E-state index contributed by atoms with van der Waals surface area (Å²) in [6.45, 7) is 13.9. The maximum absolute atomic E-state index is 5.53.